The average Bonchev–Trinajstić information content (AvgIpc) is 1.67. The van der Waals surface area contributed by atoms with Crippen LogP contribution in [0.3, 0.4) is 0 Å². The molecule has 0 aliphatic heterocycles. The van der Waals surface area contributed by atoms with Crippen molar-refractivity contribution in [3.63, 3.8) is 0 Å². The van der Waals surface area contributed by atoms with Crippen molar-refractivity contribution < 1.29 is 28.8 Å². The second-order valence-corrected chi connectivity index (χ2v) is 1.64. The van der Waals surface area contributed by atoms with Gasteiger partial charge in [0, 0.05) is 0 Å². The third-order valence-corrected chi connectivity index (χ3v) is 0.840. The Kier molecular flexibility index (Phi) is 7.64. The molecule has 0 rings (SSSR count). The zero-order valence-corrected chi connectivity index (χ0v) is 5.94. The number of carbonyl (C=O) groups is 1. The number of carboxylic acid groups (broad SMARTS) is 1. The molecule has 3 heteroatoms. The Balaban J connectivity index is 0. The minimum atomic E-state index is -1.13. The van der Waals surface area contributed by atoms with Crippen LogP contribution in [0, 0.1) is 0 Å². The summed E-state index contributed by atoms with van der Waals surface area (Å²) in [6, 6.07) is 0. The van der Waals surface area contributed by atoms with Crippen molar-refractivity contribution in [1.82, 2.24) is 0 Å². The molecule has 0 aromatic rings. The summed E-state index contributed by atoms with van der Waals surface area (Å²) >= 11 is 0. The molecule has 0 unspecified atom stereocenters. The average molecular weight is 120 g/mol. The zero-order valence-electron chi connectivity index (χ0n) is 5.94. The summed E-state index contributed by atoms with van der Waals surface area (Å²) in [5.74, 6) is -1.13. The molecule has 0 aromatic heterocycles. The van der Waals surface area contributed by atoms with Gasteiger partial charge in [0.15, 0.2) is 0 Å². The Morgan fingerprint density at radius 3 is 2.22 bits per heavy atom. The van der Waals surface area contributed by atoms with Crippen LogP contribution in [0.2, 0.25) is 0 Å². The molecule has 0 saturated heterocycles. The normalized spacial score (nSPS) is 7.67. The first kappa shape index (κ1) is 11.6. The van der Waals surface area contributed by atoms with Crippen LogP contribution in [0.25, 0.3) is 0 Å². The fourth-order valence-corrected chi connectivity index (χ4v) is 0.404. The van der Waals surface area contributed by atoms with E-state index < -0.39 is 5.97 Å². The minimum Gasteiger partial charge on any atom is -0.545 e. The van der Waals surface area contributed by atoms with Crippen LogP contribution in [-0.2, 0) is 4.79 Å². The molecule has 0 bridgehead atoms. The summed E-state index contributed by atoms with van der Waals surface area (Å²) in [5, 5.41) is 9.88. The van der Waals surface area contributed by atoms with Crippen LogP contribution in [-0.4, -0.2) is 5.97 Å². The van der Waals surface area contributed by atoms with E-state index in [2.05, 4.69) is 6.58 Å². The number of carbonyl (C=O) groups excluding carboxylic acids is 1. The summed E-state index contributed by atoms with van der Waals surface area (Å²) in [4.78, 5) is 9.88. The maximum absolute atomic E-state index is 9.88. The van der Waals surface area contributed by atoms with Crippen LogP contribution >= 0.6 is 0 Å². The fraction of sp³-hybridized carbons (Fsp3) is 0.500. The molecule has 0 fully saturated rings. The van der Waals surface area contributed by atoms with E-state index >= 15 is 0 Å². The number of rotatable bonds is 3. The molecular formula is C6H9LiO2. The van der Waals surface area contributed by atoms with Crippen LogP contribution in [0.5, 0.6) is 0 Å². The number of carboxylic acids is 1. The first-order chi connectivity index (χ1) is 3.68. The minimum absolute atomic E-state index is 0. The van der Waals surface area contributed by atoms with E-state index in [0.717, 1.165) is 6.42 Å². The SMILES string of the molecule is C=C(CCC)C(=O)[O-].[Li+]. The van der Waals surface area contributed by atoms with Crippen molar-refractivity contribution in [3.05, 3.63) is 12.2 Å². The third kappa shape index (κ3) is 5.68. The Labute approximate surface area is 67.1 Å². The summed E-state index contributed by atoms with van der Waals surface area (Å²) in [7, 11) is 0. The number of hydrogen-bond acceptors (Lipinski definition) is 2. The second-order valence-electron chi connectivity index (χ2n) is 1.64. The van der Waals surface area contributed by atoms with Crippen molar-refractivity contribution in [2.75, 3.05) is 0 Å². The predicted octanol–water partition coefficient (Wildman–Crippen LogP) is -2.90. The first-order valence-electron chi connectivity index (χ1n) is 2.57. The van der Waals surface area contributed by atoms with E-state index in [-0.39, 0.29) is 24.4 Å². The van der Waals surface area contributed by atoms with Gasteiger partial charge in [0.1, 0.15) is 0 Å². The van der Waals surface area contributed by atoms with Crippen molar-refractivity contribution >= 4 is 5.97 Å². The Morgan fingerprint density at radius 2 is 2.11 bits per heavy atom. The molecule has 0 aliphatic rings. The first-order valence-corrected chi connectivity index (χ1v) is 2.57. The molecule has 0 aromatic carbocycles. The van der Waals surface area contributed by atoms with Gasteiger partial charge in [0.2, 0.25) is 0 Å². The molecule has 0 heterocycles. The van der Waals surface area contributed by atoms with Gasteiger partial charge < -0.3 is 9.90 Å². The monoisotopic (exact) mass is 120 g/mol. The van der Waals surface area contributed by atoms with Crippen molar-refractivity contribution in [2.45, 2.75) is 19.8 Å². The number of aliphatic carboxylic acids is 1. The predicted molar refractivity (Wildman–Crippen MR) is 29.1 cm³/mol. The number of hydrogen-bond donors (Lipinski definition) is 0. The van der Waals surface area contributed by atoms with Crippen LogP contribution < -0.4 is 24.0 Å². The Morgan fingerprint density at radius 1 is 1.67 bits per heavy atom. The Hall–Kier alpha value is -0.193. The van der Waals surface area contributed by atoms with Crippen molar-refractivity contribution in [2.24, 2.45) is 0 Å². The van der Waals surface area contributed by atoms with Gasteiger partial charge in [-0.05, 0) is 12.0 Å². The largest absolute Gasteiger partial charge is 1.00 e. The molecule has 2 nitrogen and oxygen atoms in total. The molecule has 0 aliphatic carbocycles. The van der Waals surface area contributed by atoms with Gasteiger partial charge >= 0.3 is 18.9 Å². The van der Waals surface area contributed by atoms with Crippen molar-refractivity contribution in [3.8, 4) is 0 Å². The van der Waals surface area contributed by atoms with Gasteiger partial charge in [-0.1, -0.05) is 19.9 Å². The second kappa shape index (κ2) is 5.94. The topological polar surface area (TPSA) is 40.1 Å². The van der Waals surface area contributed by atoms with Crippen LogP contribution in [0.1, 0.15) is 19.8 Å². The zero-order chi connectivity index (χ0) is 6.57. The van der Waals surface area contributed by atoms with Gasteiger partial charge in [-0.15, -0.1) is 0 Å². The van der Waals surface area contributed by atoms with Crippen LogP contribution in [0.15, 0.2) is 12.2 Å². The van der Waals surface area contributed by atoms with Crippen molar-refractivity contribution in [1.29, 1.82) is 0 Å². The quantitative estimate of drug-likeness (QED) is 0.296. The van der Waals surface area contributed by atoms with Gasteiger partial charge in [0.25, 0.3) is 0 Å². The van der Waals surface area contributed by atoms with E-state index in [4.69, 9.17) is 0 Å². The molecular weight excluding hydrogens is 111 g/mol. The molecule has 0 radical (unpaired) electrons. The summed E-state index contributed by atoms with van der Waals surface area (Å²) < 4.78 is 0. The molecule has 0 atom stereocenters. The Bertz CT molecular complexity index is 110. The summed E-state index contributed by atoms with van der Waals surface area (Å²) in [6.45, 7) is 5.18. The molecule has 0 N–H and O–H groups in total. The molecule has 0 spiro atoms. The van der Waals surface area contributed by atoms with Gasteiger partial charge in [-0.2, -0.15) is 0 Å². The van der Waals surface area contributed by atoms with E-state index in [1.165, 1.54) is 0 Å². The summed E-state index contributed by atoms with van der Waals surface area (Å²) in [5.41, 5.74) is 0.188. The summed E-state index contributed by atoms with van der Waals surface area (Å²) in [6.07, 6.45) is 1.34. The van der Waals surface area contributed by atoms with Gasteiger partial charge in [0.05, 0.1) is 5.97 Å². The molecule has 9 heavy (non-hydrogen) atoms. The van der Waals surface area contributed by atoms with Gasteiger partial charge in [-0.25, -0.2) is 0 Å². The van der Waals surface area contributed by atoms with E-state index in [0.29, 0.717) is 6.42 Å². The smallest absolute Gasteiger partial charge is 0.545 e. The maximum atomic E-state index is 9.88. The van der Waals surface area contributed by atoms with Crippen LogP contribution in [0.4, 0.5) is 0 Å². The molecule has 0 amide bonds. The molecule has 46 valence electrons. The third-order valence-electron chi connectivity index (χ3n) is 0.840. The maximum Gasteiger partial charge on any atom is 1.00 e. The van der Waals surface area contributed by atoms with E-state index in [9.17, 15) is 9.90 Å². The fourth-order valence-electron chi connectivity index (χ4n) is 0.404. The van der Waals surface area contributed by atoms with E-state index in [1.807, 2.05) is 6.92 Å². The van der Waals surface area contributed by atoms with Gasteiger partial charge in [-0.3, -0.25) is 0 Å². The van der Waals surface area contributed by atoms with E-state index in [1.54, 1.807) is 0 Å². The standard InChI is InChI=1S/C6H10O2.Li/c1-3-4-5(2)6(7)8;/h2-4H2,1H3,(H,7,8);/q;+1/p-1. The molecule has 0 saturated carbocycles.